The van der Waals surface area contributed by atoms with E-state index in [1.165, 1.54) is 11.1 Å². The highest BCUT2D eigenvalue weighted by Crippen LogP contribution is 2.26. The molecule has 1 heterocycles. The first-order chi connectivity index (χ1) is 8.06. The van der Waals surface area contributed by atoms with Crippen molar-refractivity contribution in [2.45, 2.75) is 27.2 Å². The van der Waals surface area contributed by atoms with E-state index in [1.54, 1.807) is 18.3 Å². The first-order valence-electron chi connectivity index (χ1n) is 5.57. The molecular weight excluding hydrogens is 230 g/mol. The van der Waals surface area contributed by atoms with Gasteiger partial charge in [0.1, 0.15) is 10.8 Å². The van der Waals surface area contributed by atoms with E-state index in [1.807, 2.05) is 5.38 Å². The Bertz CT molecular complexity index is 557. The number of hydrogen-bond acceptors (Lipinski definition) is 3. The first-order valence-corrected chi connectivity index (χ1v) is 6.45. The fourth-order valence-electron chi connectivity index (χ4n) is 1.74. The molecule has 0 spiro atoms. The molecule has 2 aromatic rings. The summed E-state index contributed by atoms with van der Waals surface area (Å²) in [7, 11) is 0. The van der Waals surface area contributed by atoms with E-state index in [-0.39, 0.29) is 5.78 Å². The lowest BCUT2D eigenvalue weighted by Crippen LogP contribution is -1.95. The lowest BCUT2D eigenvalue weighted by Gasteiger charge is -2.03. The summed E-state index contributed by atoms with van der Waals surface area (Å²) in [5.74, 6) is 0.159. The summed E-state index contributed by atoms with van der Waals surface area (Å²) in [6.07, 6.45) is 0.440. The molecule has 0 N–H and O–H groups in total. The number of nitrogens with zero attached hydrogens (tertiary/aromatic N) is 1. The van der Waals surface area contributed by atoms with Crippen molar-refractivity contribution in [1.29, 1.82) is 0 Å². The molecule has 0 aliphatic heterocycles. The first kappa shape index (κ1) is 12.0. The van der Waals surface area contributed by atoms with Crippen LogP contribution in [0.1, 0.15) is 23.1 Å². The zero-order valence-electron chi connectivity index (χ0n) is 10.3. The number of rotatable bonds is 3. The van der Waals surface area contributed by atoms with Crippen molar-refractivity contribution in [1.82, 2.24) is 4.98 Å². The van der Waals surface area contributed by atoms with Gasteiger partial charge in [0.2, 0.25) is 0 Å². The highest BCUT2D eigenvalue weighted by atomic mass is 32.1. The predicted octanol–water partition coefficient (Wildman–Crippen LogP) is 3.56. The van der Waals surface area contributed by atoms with Crippen LogP contribution in [0.25, 0.3) is 11.3 Å². The van der Waals surface area contributed by atoms with Gasteiger partial charge in [-0.05, 0) is 32.4 Å². The minimum Gasteiger partial charge on any atom is -0.300 e. The summed E-state index contributed by atoms with van der Waals surface area (Å²) in [4.78, 5) is 15.6. The third kappa shape index (κ3) is 2.80. The summed E-state index contributed by atoms with van der Waals surface area (Å²) in [5.41, 5.74) is 4.59. The molecule has 1 aromatic carbocycles. The predicted molar refractivity (Wildman–Crippen MR) is 71.4 cm³/mol. The van der Waals surface area contributed by atoms with Crippen LogP contribution >= 0.6 is 11.3 Å². The summed E-state index contributed by atoms with van der Waals surface area (Å²) in [5, 5.41) is 2.92. The van der Waals surface area contributed by atoms with Crippen molar-refractivity contribution in [2.24, 2.45) is 0 Å². The van der Waals surface area contributed by atoms with Crippen LogP contribution < -0.4 is 0 Å². The fourth-order valence-corrected chi connectivity index (χ4v) is 2.61. The van der Waals surface area contributed by atoms with Gasteiger partial charge >= 0.3 is 0 Å². The van der Waals surface area contributed by atoms with E-state index in [0.29, 0.717) is 6.42 Å². The molecule has 88 valence electrons. The second kappa shape index (κ2) is 4.80. The van der Waals surface area contributed by atoms with Crippen LogP contribution in [0.5, 0.6) is 0 Å². The zero-order chi connectivity index (χ0) is 12.4. The quantitative estimate of drug-likeness (QED) is 0.827. The molecule has 0 bridgehead atoms. The monoisotopic (exact) mass is 245 g/mol. The fraction of sp³-hybridized carbons (Fsp3) is 0.286. The molecule has 17 heavy (non-hydrogen) atoms. The normalized spacial score (nSPS) is 10.5. The van der Waals surface area contributed by atoms with Crippen LogP contribution in [-0.4, -0.2) is 10.8 Å². The molecule has 2 rings (SSSR count). The van der Waals surface area contributed by atoms with Crippen LogP contribution in [0.3, 0.4) is 0 Å². The highest BCUT2D eigenvalue weighted by Gasteiger charge is 2.08. The van der Waals surface area contributed by atoms with Crippen molar-refractivity contribution in [3.8, 4) is 11.3 Å². The Morgan fingerprint density at radius 1 is 1.35 bits per heavy atom. The Hall–Kier alpha value is -1.48. The van der Waals surface area contributed by atoms with E-state index >= 15 is 0 Å². The molecule has 0 aliphatic rings. The van der Waals surface area contributed by atoms with Gasteiger partial charge in [0.15, 0.2) is 0 Å². The SMILES string of the molecule is CC(=O)Cc1nc(-c2cc(C)ccc2C)cs1. The van der Waals surface area contributed by atoms with Gasteiger partial charge in [0.05, 0.1) is 12.1 Å². The van der Waals surface area contributed by atoms with E-state index < -0.39 is 0 Å². The molecule has 3 heteroatoms. The van der Waals surface area contributed by atoms with Crippen molar-refractivity contribution < 1.29 is 4.79 Å². The number of aryl methyl sites for hydroxylation is 2. The van der Waals surface area contributed by atoms with E-state index in [9.17, 15) is 4.79 Å². The van der Waals surface area contributed by atoms with Crippen LogP contribution in [0.2, 0.25) is 0 Å². The lowest BCUT2D eigenvalue weighted by molar-refractivity contribution is -0.116. The number of Topliss-reactive ketones (excluding diaryl/α,β-unsaturated/α-hetero) is 1. The number of ketones is 1. The van der Waals surface area contributed by atoms with Crippen molar-refractivity contribution in [3.63, 3.8) is 0 Å². The maximum atomic E-state index is 11.0. The number of thiazole rings is 1. The molecule has 1 aromatic heterocycles. The van der Waals surface area contributed by atoms with Gasteiger partial charge in [-0.2, -0.15) is 0 Å². The van der Waals surface area contributed by atoms with Gasteiger partial charge in [-0.25, -0.2) is 4.98 Å². The van der Waals surface area contributed by atoms with Gasteiger partial charge in [-0.1, -0.05) is 17.7 Å². The van der Waals surface area contributed by atoms with Gasteiger partial charge in [-0.15, -0.1) is 11.3 Å². The Kier molecular flexibility index (Phi) is 3.38. The van der Waals surface area contributed by atoms with Crippen molar-refractivity contribution in [3.05, 3.63) is 39.7 Å². The minimum atomic E-state index is 0.159. The molecule has 0 unspecified atom stereocenters. The second-order valence-corrected chi connectivity index (χ2v) is 5.27. The van der Waals surface area contributed by atoms with Crippen LogP contribution in [0, 0.1) is 13.8 Å². The van der Waals surface area contributed by atoms with E-state index in [0.717, 1.165) is 16.3 Å². The number of carbonyl (C=O) groups is 1. The average molecular weight is 245 g/mol. The maximum absolute atomic E-state index is 11.0. The maximum Gasteiger partial charge on any atom is 0.136 e. The minimum absolute atomic E-state index is 0.159. The number of aromatic nitrogens is 1. The Morgan fingerprint density at radius 2 is 2.12 bits per heavy atom. The standard InChI is InChI=1S/C14H15NOS/c1-9-4-5-10(2)12(6-9)13-8-17-14(15-13)7-11(3)16/h4-6,8H,7H2,1-3H3. The number of benzene rings is 1. The third-order valence-corrected chi connectivity index (χ3v) is 3.47. The van der Waals surface area contributed by atoms with E-state index in [4.69, 9.17) is 0 Å². The van der Waals surface area contributed by atoms with Gasteiger partial charge < -0.3 is 0 Å². The topological polar surface area (TPSA) is 30.0 Å². The number of carbonyl (C=O) groups excluding carboxylic acids is 1. The summed E-state index contributed by atoms with van der Waals surface area (Å²) < 4.78 is 0. The molecule has 2 nitrogen and oxygen atoms in total. The lowest BCUT2D eigenvalue weighted by atomic mass is 10.0. The Balaban J connectivity index is 2.36. The largest absolute Gasteiger partial charge is 0.300 e. The van der Waals surface area contributed by atoms with Crippen LogP contribution in [-0.2, 0) is 11.2 Å². The second-order valence-electron chi connectivity index (χ2n) is 4.32. The van der Waals surface area contributed by atoms with Crippen molar-refractivity contribution >= 4 is 17.1 Å². The molecule has 0 radical (unpaired) electrons. The third-order valence-electron chi connectivity index (χ3n) is 2.62. The molecule has 0 amide bonds. The average Bonchev–Trinajstić information content (AvgIpc) is 2.69. The van der Waals surface area contributed by atoms with E-state index in [2.05, 4.69) is 37.0 Å². The Morgan fingerprint density at radius 3 is 2.82 bits per heavy atom. The molecule has 0 saturated carbocycles. The number of hydrogen-bond donors (Lipinski definition) is 0. The zero-order valence-corrected chi connectivity index (χ0v) is 11.1. The van der Waals surface area contributed by atoms with Crippen molar-refractivity contribution in [2.75, 3.05) is 0 Å². The van der Waals surface area contributed by atoms with Gasteiger partial charge in [-0.3, -0.25) is 4.79 Å². The summed E-state index contributed by atoms with van der Waals surface area (Å²) in [6, 6.07) is 6.35. The van der Waals surface area contributed by atoms with Crippen LogP contribution in [0.15, 0.2) is 23.6 Å². The summed E-state index contributed by atoms with van der Waals surface area (Å²) >= 11 is 1.56. The molecular formula is C14H15NOS. The molecule has 0 aliphatic carbocycles. The van der Waals surface area contributed by atoms with Crippen LogP contribution in [0.4, 0.5) is 0 Å². The van der Waals surface area contributed by atoms with Gasteiger partial charge in [0, 0.05) is 10.9 Å². The molecule has 0 saturated heterocycles. The highest BCUT2D eigenvalue weighted by molar-refractivity contribution is 7.10. The molecule has 0 fully saturated rings. The smallest absolute Gasteiger partial charge is 0.136 e. The molecule has 0 atom stereocenters. The van der Waals surface area contributed by atoms with Gasteiger partial charge in [0.25, 0.3) is 0 Å². The Labute approximate surface area is 105 Å². The summed E-state index contributed by atoms with van der Waals surface area (Å²) in [6.45, 7) is 5.75.